The second-order valence-electron chi connectivity index (χ2n) is 4.32. The molecule has 3 nitrogen and oxygen atoms in total. The SMILES string of the molecule is N#Cc1cc2ccccc2nc1Nc1cccc(Cl)c1. The third kappa shape index (κ3) is 2.42. The Morgan fingerprint density at radius 3 is 2.70 bits per heavy atom. The Kier molecular flexibility index (Phi) is 3.24. The smallest absolute Gasteiger partial charge is 0.149 e. The van der Waals surface area contributed by atoms with E-state index in [9.17, 15) is 5.26 Å². The maximum atomic E-state index is 9.25. The summed E-state index contributed by atoms with van der Waals surface area (Å²) in [6, 6.07) is 19.0. The number of hydrogen-bond donors (Lipinski definition) is 1. The zero-order valence-electron chi connectivity index (χ0n) is 10.5. The molecule has 0 atom stereocenters. The first-order valence-electron chi connectivity index (χ1n) is 6.09. The number of halogens is 1. The van der Waals surface area contributed by atoms with Crippen LogP contribution in [0.3, 0.4) is 0 Å². The number of nitrogens with zero attached hydrogens (tertiary/aromatic N) is 2. The van der Waals surface area contributed by atoms with Crippen molar-refractivity contribution in [3.8, 4) is 6.07 Å². The number of hydrogen-bond acceptors (Lipinski definition) is 3. The number of benzene rings is 2. The summed E-state index contributed by atoms with van der Waals surface area (Å²) in [6.07, 6.45) is 0. The summed E-state index contributed by atoms with van der Waals surface area (Å²) in [6.45, 7) is 0. The highest BCUT2D eigenvalue weighted by atomic mass is 35.5. The molecule has 0 aliphatic heterocycles. The number of para-hydroxylation sites is 1. The number of nitriles is 1. The molecular weight excluding hydrogens is 270 g/mol. The monoisotopic (exact) mass is 279 g/mol. The predicted octanol–water partition coefficient (Wildman–Crippen LogP) is 4.50. The van der Waals surface area contributed by atoms with E-state index in [4.69, 9.17) is 11.6 Å². The third-order valence-electron chi connectivity index (χ3n) is 2.93. The number of pyridine rings is 1. The van der Waals surface area contributed by atoms with Gasteiger partial charge in [0.25, 0.3) is 0 Å². The van der Waals surface area contributed by atoms with Crippen LogP contribution in [0.5, 0.6) is 0 Å². The first-order chi connectivity index (χ1) is 9.76. The van der Waals surface area contributed by atoms with Gasteiger partial charge in [0.2, 0.25) is 0 Å². The first kappa shape index (κ1) is 12.5. The number of nitrogens with one attached hydrogen (secondary N) is 1. The molecule has 0 amide bonds. The lowest BCUT2D eigenvalue weighted by atomic mass is 10.1. The molecule has 1 heterocycles. The first-order valence-corrected chi connectivity index (χ1v) is 6.46. The molecule has 2 aromatic carbocycles. The van der Waals surface area contributed by atoms with E-state index in [2.05, 4.69) is 16.4 Å². The van der Waals surface area contributed by atoms with Crippen molar-refractivity contribution in [1.29, 1.82) is 5.26 Å². The number of aromatic nitrogens is 1. The van der Waals surface area contributed by atoms with Crippen LogP contribution >= 0.6 is 11.6 Å². The molecule has 0 radical (unpaired) electrons. The van der Waals surface area contributed by atoms with Crippen molar-refractivity contribution in [1.82, 2.24) is 4.98 Å². The van der Waals surface area contributed by atoms with Crippen LogP contribution in [0.4, 0.5) is 11.5 Å². The van der Waals surface area contributed by atoms with Gasteiger partial charge in [0.1, 0.15) is 11.9 Å². The van der Waals surface area contributed by atoms with E-state index >= 15 is 0 Å². The average Bonchev–Trinajstić information content (AvgIpc) is 2.46. The van der Waals surface area contributed by atoms with E-state index in [1.807, 2.05) is 42.5 Å². The van der Waals surface area contributed by atoms with Crippen LogP contribution < -0.4 is 5.32 Å². The molecule has 3 rings (SSSR count). The number of rotatable bonds is 2. The number of anilines is 2. The molecule has 4 heteroatoms. The van der Waals surface area contributed by atoms with E-state index in [0.717, 1.165) is 16.6 Å². The standard InChI is InChI=1S/C16H10ClN3/c17-13-5-3-6-14(9-13)19-16-12(10-18)8-11-4-1-2-7-15(11)20-16/h1-9H,(H,19,20). The van der Waals surface area contributed by atoms with Crippen LogP contribution in [0, 0.1) is 11.3 Å². The van der Waals surface area contributed by atoms with Crippen molar-refractivity contribution >= 4 is 34.0 Å². The maximum absolute atomic E-state index is 9.25. The minimum Gasteiger partial charge on any atom is -0.339 e. The van der Waals surface area contributed by atoms with Crippen LogP contribution in [0.2, 0.25) is 5.02 Å². The normalized spacial score (nSPS) is 10.2. The molecule has 0 spiro atoms. The molecular formula is C16H10ClN3. The summed E-state index contributed by atoms with van der Waals surface area (Å²) in [5.41, 5.74) is 2.15. The van der Waals surface area contributed by atoms with Crippen molar-refractivity contribution in [2.75, 3.05) is 5.32 Å². The molecule has 3 aromatic rings. The molecule has 96 valence electrons. The molecule has 0 fully saturated rings. The van der Waals surface area contributed by atoms with Crippen LogP contribution in [0.1, 0.15) is 5.56 Å². The zero-order valence-corrected chi connectivity index (χ0v) is 11.2. The summed E-state index contributed by atoms with van der Waals surface area (Å²) in [7, 11) is 0. The molecule has 0 unspecified atom stereocenters. The molecule has 0 saturated carbocycles. The molecule has 1 N–H and O–H groups in total. The van der Waals surface area contributed by atoms with Crippen LogP contribution in [-0.4, -0.2) is 4.98 Å². The van der Waals surface area contributed by atoms with E-state index in [1.165, 1.54) is 0 Å². The Bertz CT molecular complexity index is 821. The second-order valence-corrected chi connectivity index (χ2v) is 4.76. The highest BCUT2D eigenvalue weighted by molar-refractivity contribution is 6.30. The summed E-state index contributed by atoms with van der Waals surface area (Å²) in [5, 5.41) is 14.0. The van der Waals surface area contributed by atoms with Crippen molar-refractivity contribution in [2.45, 2.75) is 0 Å². The van der Waals surface area contributed by atoms with E-state index in [-0.39, 0.29) is 0 Å². The van der Waals surface area contributed by atoms with Gasteiger partial charge < -0.3 is 5.32 Å². The van der Waals surface area contributed by atoms with Gasteiger partial charge >= 0.3 is 0 Å². The summed E-state index contributed by atoms with van der Waals surface area (Å²) in [4.78, 5) is 4.49. The Balaban J connectivity index is 2.08. The van der Waals surface area contributed by atoms with Gasteiger partial charge in [0.15, 0.2) is 0 Å². The van der Waals surface area contributed by atoms with Crippen molar-refractivity contribution in [3.05, 3.63) is 65.2 Å². The van der Waals surface area contributed by atoms with Crippen LogP contribution in [0.15, 0.2) is 54.6 Å². The van der Waals surface area contributed by atoms with Crippen molar-refractivity contribution in [3.63, 3.8) is 0 Å². The quantitative estimate of drug-likeness (QED) is 0.751. The maximum Gasteiger partial charge on any atom is 0.149 e. The fraction of sp³-hybridized carbons (Fsp3) is 0. The van der Waals surface area contributed by atoms with Gasteiger partial charge in [-0.2, -0.15) is 5.26 Å². The lowest BCUT2D eigenvalue weighted by molar-refractivity contribution is 1.34. The van der Waals surface area contributed by atoms with Crippen LogP contribution in [0.25, 0.3) is 10.9 Å². The van der Waals surface area contributed by atoms with E-state index in [1.54, 1.807) is 12.1 Å². The van der Waals surface area contributed by atoms with Gasteiger partial charge in [-0.1, -0.05) is 35.9 Å². The summed E-state index contributed by atoms with van der Waals surface area (Å²) < 4.78 is 0. The minimum absolute atomic E-state index is 0.503. The molecule has 20 heavy (non-hydrogen) atoms. The number of fused-ring (bicyclic) bond motifs is 1. The van der Waals surface area contributed by atoms with Gasteiger partial charge in [0.05, 0.1) is 11.1 Å². The predicted molar refractivity (Wildman–Crippen MR) is 81.2 cm³/mol. The molecule has 0 bridgehead atoms. The minimum atomic E-state index is 0.503. The topological polar surface area (TPSA) is 48.7 Å². The van der Waals surface area contributed by atoms with Gasteiger partial charge in [0, 0.05) is 16.1 Å². The van der Waals surface area contributed by atoms with E-state index < -0.39 is 0 Å². The van der Waals surface area contributed by atoms with Crippen molar-refractivity contribution < 1.29 is 0 Å². The lowest BCUT2D eigenvalue weighted by Crippen LogP contribution is -1.97. The van der Waals surface area contributed by atoms with Crippen LogP contribution in [-0.2, 0) is 0 Å². The van der Waals surface area contributed by atoms with Gasteiger partial charge in [-0.15, -0.1) is 0 Å². The van der Waals surface area contributed by atoms with Gasteiger partial charge in [-0.25, -0.2) is 4.98 Å². The molecule has 0 saturated heterocycles. The Labute approximate surface area is 121 Å². The Hall–Kier alpha value is -2.57. The summed E-state index contributed by atoms with van der Waals surface area (Å²) in [5.74, 6) is 0.536. The zero-order chi connectivity index (χ0) is 13.9. The summed E-state index contributed by atoms with van der Waals surface area (Å²) >= 11 is 5.95. The largest absolute Gasteiger partial charge is 0.339 e. The second kappa shape index (κ2) is 5.20. The fourth-order valence-corrected chi connectivity index (χ4v) is 2.19. The highest BCUT2D eigenvalue weighted by Gasteiger charge is 2.07. The Morgan fingerprint density at radius 1 is 1.05 bits per heavy atom. The average molecular weight is 280 g/mol. The molecule has 0 aliphatic rings. The third-order valence-corrected chi connectivity index (χ3v) is 3.17. The van der Waals surface area contributed by atoms with Gasteiger partial charge in [-0.05, 0) is 30.3 Å². The highest BCUT2D eigenvalue weighted by Crippen LogP contribution is 2.24. The Morgan fingerprint density at radius 2 is 1.90 bits per heavy atom. The lowest BCUT2D eigenvalue weighted by Gasteiger charge is -2.09. The molecule has 0 aliphatic carbocycles. The van der Waals surface area contributed by atoms with Crippen molar-refractivity contribution in [2.24, 2.45) is 0 Å². The fourth-order valence-electron chi connectivity index (χ4n) is 2.00. The van der Waals surface area contributed by atoms with Gasteiger partial charge in [-0.3, -0.25) is 0 Å². The van der Waals surface area contributed by atoms with E-state index in [0.29, 0.717) is 16.4 Å². The molecule has 1 aromatic heterocycles.